The number of benzene rings is 1. The van der Waals surface area contributed by atoms with Crippen LogP contribution in [0.25, 0.3) is 0 Å². The summed E-state index contributed by atoms with van der Waals surface area (Å²) in [7, 11) is -4.11. The predicted octanol–water partition coefficient (Wildman–Crippen LogP) is -0.469. The molecule has 1 aromatic carbocycles. The minimum Gasteiger partial charge on any atom is -0.398 e. The number of primary amides is 1. The van der Waals surface area contributed by atoms with E-state index >= 15 is 0 Å². The van der Waals surface area contributed by atoms with Crippen LogP contribution in [0.2, 0.25) is 5.02 Å². The highest BCUT2D eigenvalue weighted by molar-refractivity contribution is 7.89. The summed E-state index contributed by atoms with van der Waals surface area (Å²) in [4.78, 5) is 11.1. The molecule has 2 atom stereocenters. The zero-order valence-corrected chi connectivity index (χ0v) is 11.9. The number of halogens is 1. The third-order valence-corrected chi connectivity index (χ3v) is 5.55. The summed E-state index contributed by atoms with van der Waals surface area (Å²) < 4.78 is 26.0. The van der Waals surface area contributed by atoms with Crippen molar-refractivity contribution >= 4 is 33.2 Å². The number of amides is 1. The summed E-state index contributed by atoms with van der Waals surface area (Å²) >= 11 is 5.89. The Kier molecular flexibility index (Phi) is 3.92. The van der Waals surface area contributed by atoms with Crippen LogP contribution in [0.5, 0.6) is 0 Å². The number of rotatable bonds is 3. The molecule has 2 rings (SSSR count). The second kappa shape index (κ2) is 5.21. The first kappa shape index (κ1) is 15.0. The van der Waals surface area contributed by atoms with E-state index < -0.39 is 28.1 Å². The van der Waals surface area contributed by atoms with Gasteiger partial charge in [0.2, 0.25) is 15.9 Å². The van der Waals surface area contributed by atoms with E-state index in [0.29, 0.717) is 0 Å². The smallest absolute Gasteiger partial charge is 0.247 e. The van der Waals surface area contributed by atoms with E-state index in [1.807, 2.05) is 0 Å². The van der Waals surface area contributed by atoms with Gasteiger partial charge in [0.25, 0.3) is 0 Å². The summed E-state index contributed by atoms with van der Waals surface area (Å²) in [5, 5.41) is 9.54. The van der Waals surface area contributed by atoms with Gasteiger partial charge >= 0.3 is 0 Å². The fourth-order valence-electron chi connectivity index (χ4n) is 2.22. The Labute approximate surface area is 121 Å². The van der Waals surface area contributed by atoms with Crippen molar-refractivity contribution in [3.63, 3.8) is 0 Å². The zero-order valence-electron chi connectivity index (χ0n) is 10.4. The lowest BCUT2D eigenvalue weighted by Crippen LogP contribution is -2.43. The van der Waals surface area contributed by atoms with Crippen molar-refractivity contribution in [2.24, 2.45) is 5.73 Å². The van der Waals surface area contributed by atoms with E-state index in [0.717, 1.165) is 4.31 Å². The molecule has 5 N–H and O–H groups in total. The summed E-state index contributed by atoms with van der Waals surface area (Å²) in [6.07, 6.45) is -0.996. The second-order valence-electron chi connectivity index (χ2n) is 4.54. The molecule has 1 heterocycles. The standard InChI is InChI=1S/C11H14ClN3O4S/c12-7-2-1-3-8(13)10(7)20(18,19)15-5-6(16)4-9(15)11(14)17/h1-3,6,9,16H,4-5,13H2,(H2,14,17). The van der Waals surface area contributed by atoms with Gasteiger partial charge in [0.1, 0.15) is 10.9 Å². The molecule has 7 nitrogen and oxygen atoms in total. The van der Waals surface area contributed by atoms with Gasteiger partial charge in [-0.3, -0.25) is 4.79 Å². The van der Waals surface area contributed by atoms with Crippen LogP contribution in [0.3, 0.4) is 0 Å². The number of sulfonamides is 1. The molecule has 1 aliphatic heterocycles. The van der Waals surface area contributed by atoms with E-state index in [-0.39, 0.29) is 28.6 Å². The topological polar surface area (TPSA) is 127 Å². The number of nitrogens with zero attached hydrogens (tertiary/aromatic N) is 1. The molecule has 0 saturated carbocycles. The molecule has 0 aromatic heterocycles. The van der Waals surface area contributed by atoms with Crippen molar-refractivity contribution in [3.8, 4) is 0 Å². The highest BCUT2D eigenvalue weighted by atomic mass is 35.5. The van der Waals surface area contributed by atoms with Crippen LogP contribution >= 0.6 is 11.6 Å². The summed E-state index contributed by atoms with van der Waals surface area (Å²) in [5.74, 6) is -0.823. The Balaban J connectivity index is 2.52. The van der Waals surface area contributed by atoms with Gasteiger partial charge in [0.05, 0.1) is 16.8 Å². The Morgan fingerprint density at radius 3 is 2.65 bits per heavy atom. The van der Waals surface area contributed by atoms with Gasteiger partial charge in [-0.1, -0.05) is 17.7 Å². The summed E-state index contributed by atoms with van der Waals surface area (Å²) in [5.41, 5.74) is 10.8. The van der Waals surface area contributed by atoms with E-state index in [2.05, 4.69) is 0 Å². The van der Waals surface area contributed by atoms with Crippen molar-refractivity contribution in [1.82, 2.24) is 4.31 Å². The Morgan fingerprint density at radius 1 is 1.45 bits per heavy atom. The van der Waals surface area contributed by atoms with Gasteiger partial charge in [-0.15, -0.1) is 0 Å². The number of hydrogen-bond donors (Lipinski definition) is 3. The lowest BCUT2D eigenvalue weighted by Gasteiger charge is -2.22. The third-order valence-electron chi connectivity index (χ3n) is 3.13. The van der Waals surface area contributed by atoms with E-state index in [1.54, 1.807) is 0 Å². The van der Waals surface area contributed by atoms with Gasteiger partial charge in [0.15, 0.2) is 0 Å². The maximum atomic E-state index is 12.6. The van der Waals surface area contributed by atoms with Gasteiger partial charge in [-0.25, -0.2) is 8.42 Å². The number of carbonyl (C=O) groups excluding carboxylic acids is 1. The average molecular weight is 320 g/mol. The number of nitrogens with two attached hydrogens (primary N) is 2. The van der Waals surface area contributed by atoms with Crippen LogP contribution in [-0.2, 0) is 14.8 Å². The van der Waals surface area contributed by atoms with Crippen LogP contribution in [0.15, 0.2) is 23.1 Å². The number of aliphatic hydroxyl groups is 1. The van der Waals surface area contributed by atoms with E-state index in [1.165, 1.54) is 18.2 Å². The highest BCUT2D eigenvalue weighted by Gasteiger charge is 2.43. The van der Waals surface area contributed by atoms with Gasteiger partial charge < -0.3 is 16.6 Å². The van der Waals surface area contributed by atoms with Gasteiger partial charge in [-0.05, 0) is 12.1 Å². The quantitative estimate of drug-likeness (QED) is 0.649. The molecule has 1 aromatic rings. The van der Waals surface area contributed by atoms with Crippen LogP contribution in [0.4, 0.5) is 5.69 Å². The Morgan fingerprint density at radius 2 is 2.10 bits per heavy atom. The molecule has 0 radical (unpaired) electrons. The largest absolute Gasteiger partial charge is 0.398 e. The third kappa shape index (κ3) is 2.47. The van der Waals surface area contributed by atoms with E-state index in [9.17, 15) is 18.3 Å². The van der Waals surface area contributed by atoms with Gasteiger partial charge in [-0.2, -0.15) is 4.31 Å². The zero-order chi connectivity index (χ0) is 15.1. The number of aliphatic hydroxyl groups excluding tert-OH is 1. The maximum Gasteiger partial charge on any atom is 0.247 e. The molecular formula is C11H14ClN3O4S. The summed E-state index contributed by atoms with van der Waals surface area (Å²) in [6.45, 7) is -0.222. The van der Waals surface area contributed by atoms with Crippen LogP contribution in [0.1, 0.15) is 6.42 Å². The van der Waals surface area contributed by atoms with Crippen LogP contribution in [0, 0.1) is 0 Å². The molecule has 9 heteroatoms. The number of nitrogen functional groups attached to an aromatic ring is 1. The fourth-order valence-corrected chi connectivity index (χ4v) is 4.51. The Hall–Kier alpha value is -1.35. The molecule has 1 saturated heterocycles. The lowest BCUT2D eigenvalue weighted by atomic mass is 10.2. The van der Waals surface area contributed by atoms with E-state index in [4.69, 9.17) is 23.1 Å². The first-order valence-electron chi connectivity index (χ1n) is 5.78. The minimum absolute atomic E-state index is 0.0258. The molecule has 0 bridgehead atoms. The van der Waals surface area contributed by atoms with Crippen LogP contribution in [-0.4, -0.2) is 42.4 Å². The second-order valence-corrected chi connectivity index (χ2v) is 6.78. The first-order valence-corrected chi connectivity index (χ1v) is 7.60. The average Bonchev–Trinajstić information content (AvgIpc) is 2.71. The predicted molar refractivity (Wildman–Crippen MR) is 73.4 cm³/mol. The van der Waals surface area contributed by atoms with Crippen molar-refractivity contribution in [2.45, 2.75) is 23.5 Å². The lowest BCUT2D eigenvalue weighted by molar-refractivity contribution is -0.121. The first-order chi connectivity index (χ1) is 9.25. The number of anilines is 1. The number of carbonyl (C=O) groups is 1. The Bertz CT molecular complexity index is 629. The number of hydrogen-bond acceptors (Lipinski definition) is 5. The molecule has 20 heavy (non-hydrogen) atoms. The molecule has 0 aliphatic carbocycles. The molecule has 110 valence electrons. The molecule has 1 amide bonds. The van der Waals surface area contributed by atoms with Crippen molar-refractivity contribution < 1.29 is 18.3 Å². The highest BCUT2D eigenvalue weighted by Crippen LogP contribution is 2.33. The number of β-amino-alcohol motifs (C(OH)–C–C–N with tert-alkyl or cyclic N) is 1. The maximum absolute atomic E-state index is 12.6. The van der Waals surface area contributed by atoms with Gasteiger partial charge in [0, 0.05) is 13.0 Å². The van der Waals surface area contributed by atoms with Crippen molar-refractivity contribution in [1.29, 1.82) is 0 Å². The summed E-state index contributed by atoms with van der Waals surface area (Å²) in [6, 6.07) is 3.19. The van der Waals surface area contributed by atoms with Crippen molar-refractivity contribution in [3.05, 3.63) is 23.2 Å². The van der Waals surface area contributed by atoms with Crippen molar-refractivity contribution in [2.75, 3.05) is 12.3 Å². The van der Waals surface area contributed by atoms with Crippen LogP contribution < -0.4 is 11.5 Å². The molecule has 1 aliphatic rings. The SMILES string of the molecule is NC(=O)C1CC(O)CN1S(=O)(=O)c1c(N)cccc1Cl. The molecule has 1 fully saturated rings. The molecule has 0 spiro atoms. The molecular weight excluding hydrogens is 306 g/mol. The normalized spacial score (nSPS) is 23.9. The monoisotopic (exact) mass is 319 g/mol. The fraction of sp³-hybridized carbons (Fsp3) is 0.364. The minimum atomic E-state index is -4.11. The molecule has 2 unspecified atom stereocenters.